The van der Waals surface area contributed by atoms with Gasteiger partial charge in [-0.25, -0.2) is 19.4 Å². The molecule has 18 nitrogen and oxygen atoms in total. The van der Waals surface area contributed by atoms with Gasteiger partial charge in [-0.15, -0.1) is 0 Å². The van der Waals surface area contributed by atoms with Crippen molar-refractivity contribution in [3.8, 4) is 0 Å². The molecule has 2 unspecified atom stereocenters. The van der Waals surface area contributed by atoms with E-state index in [-0.39, 0.29) is 63.8 Å². The number of carbonyl (C=O) groups is 8. The molecule has 0 aliphatic carbocycles. The minimum atomic E-state index is -1.04. The lowest BCUT2D eigenvalue weighted by molar-refractivity contribution is -0.259. The van der Waals surface area contributed by atoms with Gasteiger partial charge in [0.15, 0.2) is 0 Å². The molecule has 6 amide bonds. The first kappa shape index (κ1) is 73.2. The molecule has 0 fully saturated rings. The summed E-state index contributed by atoms with van der Waals surface area (Å²) in [5.41, 5.74) is 0. The Morgan fingerprint density at radius 3 is 1.00 bits per heavy atom. The van der Waals surface area contributed by atoms with E-state index in [9.17, 15) is 48.6 Å². The van der Waals surface area contributed by atoms with Gasteiger partial charge in [-0.1, -0.05) is 141 Å². The third kappa shape index (κ3) is 49.5. The van der Waals surface area contributed by atoms with Gasteiger partial charge in [-0.3, -0.25) is 28.8 Å². The molecule has 0 aliphatic rings. The van der Waals surface area contributed by atoms with Crippen LogP contribution in [0.25, 0.3) is 0 Å². The summed E-state index contributed by atoms with van der Waals surface area (Å²) < 4.78 is 0. The highest BCUT2D eigenvalue weighted by Crippen LogP contribution is 2.13. The summed E-state index contributed by atoms with van der Waals surface area (Å²) in [7, 11) is 0. The number of aliphatic hydroxyl groups excluding tert-OH is 2. The van der Waals surface area contributed by atoms with E-state index in [1.54, 1.807) is 0 Å². The van der Waals surface area contributed by atoms with Gasteiger partial charge < -0.3 is 42.1 Å². The van der Waals surface area contributed by atoms with Crippen molar-refractivity contribution >= 4 is 47.4 Å². The maximum absolute atomic E-state index is 12.7. The van der Waals surface area contributed by atoms with Crippen molar-refractivity contribution in [2.45, 2.75) is 270 Å². The SMILES string of the molecule is CCCCCCCC/C=C\CCCCCCCC(=O)NCCCCC(NC(=O)CCC(=O)OOC(=O)CCC(=O)NC(CCCCNC(=O)CCCCCCC/C=C\CCCCCCCC)C(=O)NCCO)C(=O)NCCO. The van der Waals surface area contributed by atoms with Crippen LogP contribution >= 0.6 is 0 Å². The first-order valence-electron chi connectivity index (χ1n) is 30.6. The number of allylic oxidation sites excluding steroid dienone is 4. The van der Waals surface area contributed by atoms with Crippen LogP contribution in [-0.4, -0.2) is 109 Å². The van der Waals surface area contributed by atoms with Crippen LogP contribution in [0, 0.1) is 0 Å². The number of aliphatic hydroxyl groups is 2. The van der Waals surface area contributed by atoms with Gasteiger partial charge in [0.2, 0.25) is 35.4 Å². The Bertz CT molecular complexity index is 1510. The average Bonchev–Trinajstić information content (AvgIpc) is 3.43. The predicted octanol–water partition coefficient (Wildman–Crippen LogP) is 9.38. The second kappa shape index (κ2) is 55.5. The molecule has 78 heavy (non-hydrogen) atoms. The van der Waals surface area contributed by atoms with E-state index >= 15 is 0 Å². The molecule has 0 bridgehead atoms. The summed E-state index contributed by atoms with van der Waals surface area (Å²) in [6, 6.07) is -1.92. The molecule has 0 aromatic rings. The minimum absolute atomic E-state index is 0.0157. The molecular formula is C60H108N6O12. The van der Waals surface area contributed by atoms with Crippen molar-refractivity contribution in [1.29, 1.82) is 0 Å². The van der Waals surface area contributed by atoms with E-state index in [4.69, 9.17) is 0 Å². The number of hydrogen-bond donors (Lipinski definition) is 8. The molecule has 0 heterocycles. The van der Waals surface area contributed by atoms with E-state index in [0.29, 0.717) is 51.6 Å². The van der Waals surface area contributed by atoms with E-state index in [0.717, 1.165) is 64.2 Å². The molecule has 8 N–H and O–H groups in total. The maximum atomic E-state index is 12.7. The van der Waals surface area contributed by atoms with Crippen molar-refractivity contribution in [2.24, 2.45) is 0 Å². The van der Waals surface area contributed by atoms with Gasteiger partial charge in [0.05, 0.1) is 26.1 Å². The van der Waals surface area contributed by atoms with Gasteiger partial charge in [-0.05, 0) is 103 Å². The third-order valence-corrected chi connectivity index (χ3v) is 13.3. The Kier molecular flexibility index (Phi) is 52.0. The van der Waals surface area contributed by atoms with Crippen molar-refractivity contribution in [1.82, 2.24) is 31.9 Å². The smallest absolute Gasteiger partial charge is 0.356 e. The van der Waals surface area contributed by atoms with E-state index in [2.05, 4.69) is 79.8 Å². The molecule has 0 aliphatic heterocycles. The second-order valence-electron chi connectivity index (χ2n) is 20.5. The lowest BCUT2D eigenvalue weighted by atomic mass is 10.1. The molecule has 450 valence electrons. The molecule has 18 heteroatoms. The first-order chi connectivity index (χ1) is 38.0. The number of rotatable bonds is 54. The number of nitrogens with one attached hydrogen (secondary N) is 6. The standard InChI is InChI=1S/C60H108N6O12/c1-3-5-7-9-11-13-15-17-19-21-23-25-27-29-31-39-53(69)61-45-35-33-37-51(59(75)63-47-49-67)65-55(71)41-43-57(73)77-78-58(74)44-42-56(72)66-52(60(76)64-48-50-68)38-34-36-46-62-54(70)40-32-30-28-26-24-22-20-18-16-14-12-10-8-6-4-2/h17-20,51-52,67-68H,3-16,21-50H2,1-2H3,(H,61,69)(H,62,70)(H,63,75)(H,64,76)(H,65,71)(H,66,72)/b19-17-,20-18-. The zero-order valence-corrected chi connectivity index (χ0v) is 48.6. The molecule has 0 saturated carbocycles. The van der Waals surface area contributed by atoms with Crippen molar-refractivity contribution < 1.29 is 58.3 Å². The van der Waals surface area contributed by atoms with Crippen LogP contribution in [0.5, 0.6) is 0 Å². The lowest BCUT2D eigenvalue weighted by Gasteiger charge is -2.18. The van der Waals surface area contributed by atoms with Crippen molar-refractivity contribution in [3.63, 3.8) is 0 Å². The summed E-state index contributed by atoms with van der Waals surface area (Å²) >= 11 is 0. The Hall–Kier alpha value is -4.84. The normalized spacial score (nSPS) is 12.0. The Labute approximate surface area is 469 Å². The third-order valence-electron chi connectivity index (χ3n) is 13.3. The molecule has 0 radical (unpaired) electrons. The molecule has 2 atom stereocenters. The fraction of sp³-hybridized carbons (Fsp3) is 0.800. The van der Waals surface area contributed by atoms with Gasteiger partial charge in [-0.2, -0.15) is 0 Å². The second-order valence-corrected chi connectivity index (χ2v) is 20.5. The highest BCUT2D eigenvalue weighted by atomic mass is 17.2. The minimum Gasteiger partial charge on any atom is -0.395 e. The Balaban J connectivity index is 4.39. The van der Waals surface area contributed by atoms with Gasteiger partial charge in [0.1, 0.15) is 12.1 Å². The highest BCUT2D eigenvalue weighted by Gasteiger charge is 2.23. The maximum Gasteiger partial charge on any atom is 0.356 e. The number of unbranched alkanes of at least 4 members (excludes halogenated alkanes) is 24. The van der Waals surface area contributed by atoms with Crippen LogP contribution in [0.4, 0.5) is 0 Å². The quantitative estimate of drug-likeness (QED) is 0.0123. The zero-order valence-electron chi connectivity index (χ0n) is 48.6. The fourth-order valence-electron chi connectivity index (χ4n) is 8.57. The van der Waals surface area contributed by atoms with Crippen LogP contribution < -0.4 is 31.9 Å². The molecule has 0 aromatic heterocycles. The number of hydrogen-bond acceptors (Lipinski definition) is 12. The Morgan fingerprint density at radius 1 is 0.346 bits per heavy atom. The summed E-state index contributed by atoms with van der Waals surface area (Å²) in [6.07, 6.45) is 41.9. The molecular weight excluding hydrogens is 997 g/mol. The topological polar surface area (TPSA) is 268 Å². The van der Waals surface area contributed by atoms with Crippen molar-refractivity contribution in [3.05, 3.63) is 24.3 Å². The zero-order chi connectivity index (χ0) is 57.4. The summed E-state index contributed by atoms with van der Waals surface area (Å²) in [5.74, 6) is -4.43. The van der Waals surface area contributed by atoms with E-state index in [1.165, 1.54) is 103 Å². The average molecular weight is 1110 g/mol. The monoisotopic (exact) mass is 1100 g/mol. The first-order valence-corrected chi connectivity index (χ1v) is 30.6. The molecule has 0 spiro atoms. The summed E-state index contributed by atoms with van der Waals surface area (Å²) in [4.78, 5) is 109. The highest BCUT2D eigenvalue weighted by molar-refractivity contribution is 5.90. The van der Waals surface area contributed by atoms with Gasteiger partial charge in [0.25, 0.3) is 0 Å². The van der Waals surface area contributed by atoms with Gasteiger partial charge in [0, 0.05) is 51.9 Å². The van der Waals surface area contributed by atoms with Crippen LogP contribution in [-0.2, 0) is 48.1 Å². The predicted molar refractivity (Wildman–Crippen MR) is 307 cm³/mol. The number of amides is 6. The summed E-state index contributed by atoms with van der Waals surface area (Å²) in [6.45, 7) is 4.69. The molecule has 0 rings (SSSR count). The van der Waals surface area contributed by atoms with E-state index in [1.807, 2.05) is 0 Å². The van der Waals surface area contributed by atoms with E-state index < -0.39 is 60.5 Å². The van der Waals surface area contributed by atoms with Crippen LogP contribution in [0.3, 0.4) is 0 Å². The van der Waals surface area contributed by atoms with Crippen molar-refractivity contribution in [2.75, 3.05) is 39.4 Å². The Morgan fingerprint density at radius 2 is 0.667 bits per heavy atom. The van der Waals surface area contributed by atoms with Crippen LogP contribution in [0.15, 0.2) is 24.3 Å². The molecule has 0 saturated heterocycles. The lowest BCUT2D eigenvalue weighted by Crippen LogP contribution is -2.47. The van der Waals surface area contributed by atoms with Crippen LogP contribution in [0.1, 0.15) is 258 Å². The number of carbonyl (C=O) groups excluding carboxylic acids is 8. The van der Waals surface area contributed by atoms with Gasteiger partial charge >= 0.3 is 11.9 Å². The fourth-order valence-corrected chi connectivity index (χ4v) is 8.57. The summed E-state index contributed by atoms with van der Waals surface area (Å²) in [5, 5.41) is 34.4. The largest absolute Gasteiger partial charge is 0.395 e. The van der Waals surface area contributed by atoms with Crippen LogP contribution in [0.2, 0.25) is 0 Å². The molecule has 0 aromatic carbocycles.